The molecule has 0 amide bonds. The molecule has 3 saturated carbocycles. The van der Waals surface area contributed by atoms with E-state index in [9.17, 15) is 0 Å². The van der Waals surface area contributed by atoms with Crippen LogP contribution in [0.15, 0.2) is 0 Å². The van der Waals surface area contributed by atoms with Gasteiger partial charge in [-0.15, -0.1) is 0 Å². The summed E-state index contributed by atoms with van der Waals surface area (Å²) in [6.07, 6.45) is 7.62. The zero-order chi connectivity index (χ0) is 9.27. The molecule has 0 aromatic carbocycles. The maximum Gasteiger partial charge on any atom is -0.0207 e. The van der Waals surface area contributed by atoms with E-state index in [1.165, 1.54) is 12.8 Å². The van der Waals surface area contributed by atoms with Crippen LogP contribution in [0.25, 0.3) is 0 Å². The van der Waals surface area contributed by atoms with Gasteiger partial charge in [0.2, 0.25) is 0 Å². The Labute approximate surface area is 82.1 Å². The van der Waals surface area contributed by atoms with Gasteiger partial charge in [-0.3, -0.25) is 0 Å². The molecule has 4 unspecified atom stereocenters. The Morgan fingerprint density at radius 3 is 2.08 bits per heavy atom. The highest BCUT2D eigenvalue weighted by molar-refractivity contribution is 5.23. The summed E-state index contributed by atoms with van der Waals surface area (Å²) >= 11 is 0. The fraction of sp³-hybridized carbons (Fsp3) is 1.00. The molecule has 0 heteroatoms. The quantitative estimate of drug-likeness (QED) is 0.602. The lowest BCUT2D eigenvalue weighted by Crippen LogP contribution is -2.29. The molecule has 74 valence electrons. The first-order chi connectivity index (χ1) is 6.17. The average molecular weight is 178 g/mol. The van der Waals surface area contributed by atoms with Crippen molar-refractivity contribution in [2.24, 2.45) is 28.6 Å². The first-order valence-corrected chi connectivity index (χ1v) is 6.17. The molecule has 0 saturated heterocycles. The molecule has 0 aliphatic heterocycles. The lowest BCUT2D eigenvalue weighted by Gasteiger charge is -2.38. The van der Waals surface area contributed by atoms with Crippen molar-refractivity contribution in [3.05, 3.63) is 0 Å². The number of rotatable bonds is 2. The third-order valence-corrected chi connectivity index (χ3v) is 6.00. The maximum absolute atomic E-state index is 2.52. The summed E-state index contributed by atoms with van der Waals surface area (Å²) < 4.78 is 0. The molecule has 0 heterocycles. The van der Waals surface area contributed by atoms with Crippen molar-refractivity contribution in [2.45, 2.75) is 52.9 Å². The van der Waals surface area contributed by atoms with Crippen molar-refractivity contribution >= 4 is 0 Å². The van der Waals surface area contributed by atoms with E-state index in [2.05, 4.69) is 20.8 Å². The largest absolute Gasteiger partial charge is 0.0648 e. The zero-order valence-electron chi connectivity index (χ0n) is 9.27. The van der Waals surface area contributed by atoms with Gasteiger partial charge in [-0.1, -0.05) is 27.2 Å². The van der Waals surface area contributed by atoms with Crippen LogP contribution in [-0.4, -0.2) is 0 Å². The van der Waals surface area contributed by atoms with Gasteiger partial charge in [0.05, 0.1) is 0 Å². The van der Waals surface area contributed by atoms with E-state index in [1.54, 1.807) is 19.3 Å². The van der Waals surface area contributed by atoms with Gasteiger partial charge in [0, 0.05) is 0 Å². The Bertz CT molecular complexity index is 238. The SMILES string of the molecule is CCC1(C2C(C)C23CCC3C)CC1. The highest BCUT2D eigenvalue weighted by Gasteiger charge is 2.75. The molecule has 1 spiro atoms. The topological polar surface area (TPSA) is 0 Å². The minimum Gasteiger partial charge on any atom is -0.0648 e. The highest BCUT2D eigenvalue weighted by Crippen LogP contribution is 2.82. The van der Waals surface area contributed by atoms with E-state index in [4.69, 9.17) is 0 Å². The van der Waals surface area contributed by atoms with Crippen LogP contribution in [0.1, 0.15) is 52.9 Å². The fourth-order valence-electron chi connectivity index (χ4n) is 4.71. The molecule has 3 aliphatic carbocycles. The fourth-order valence-corrected chi connectivity index (χ4v) is 4.71. The van der Waals surface area contributed by atoms with E-state index in [0.717, 1.165) is 28.6 Å². The van der Waals surface area contributed by atoms with Crippen LogP contribution in [-0.2, 0) is 0 Å². The van der Waals surface area contributed by atoms with E-state index in [-0.39, 0.29) is 0 Å². The van der Waals surface area contributed by atoms with Crippen LogP contribution < -0.4 is 0 Å². The minimum absolute atomic E-state index is 0.841. The van der Waals surface area contributed by atoms with Crippen LogP contribution in [0.2, 0.25) is 0 Å². The average Bonchev–Trinajstić information content (AvgIpc) is 2.97. The number of hydrogen-bond donors (Lipinski definition) is 0. The Balaban J connectivity index is 1.82. The normalized spacial score (nSPS) is 56.1. The second kappa shape index (κ2) is 2.15. The molecule has 0 radical (unpaired) electrons. The van der Waals surface area contributed by atoms with E-state index in [0.29, 0.717) is 0 Å². The maximum atomic E-state index is 2.52. The number of hydrogen-bond acceptors (Lipinski definition) is 0. The molecule has 0 aromatic rings. The third-order valence-electron chi connectivity index (χ3n) is 6.00. The summed E-state index contributed by atoms with van der Waals surface area (Å²) in [5, 5.41) is 0. The highest BCUT2D eigenvalue weighted by atomic mass is 14.8. The summed E-state index contributed by atoms with van der Waals surface area (Å²) in [4.78, 5) is 0. The summed E-state index contributed by atoms with van der Waals surface area (Å²) in [6, 6.07) is 0. The molecular formula is C13H22. The Morgan fingerprint density at radius 2 is 1.85 bits per heavy atom. The van der Waals surface area contributed by atoms with Gasteiger partial charge < -0.3 is 0 Å². The van der Waals surface area contributed by atoms with Crippen LogP contribution in [0.4, 0.5) is 0 Å². The smallest absolute Gasteiger partial charge is 0.0207 e. The summed E-state index contributed by atoms with van der Waals surface area (Å²) in [7, 11) is 0. The van der Waals surface area contributed by atoms with Gasteiger partial charge in [0.15, 0.2) is 0 Å². The standard InChI is InChI=1S/C13H22/c1-4-12(7-8-12)11-10(3)13(11)6-5-9(13)2/h9-11H,4-8H2,1-3H3. The minimum atomic E-state index is 0.841. The summed E-state index contributed by atoms with van der Waals surface area (Å²) in [5.74, 6) is 3.25. The van der Waals surface area contributed by atoms with Crippen molar-refractivity contribution in [1.29, 1.82) is 0 Å². The Hall–Kier alpha value is 0. The van der Waals surface area contributed by atoms with Crippen LogP contribution in [0, 0.1) is 28.6 Å². The summed E-state index contributed by atoms with van der Waals surface area (Å²) in [6.45, 7) is 7.43. The van der Waals surface area contributed by atoms with Crippen molar-refractivity contribution in [3.63, 3.8) is 0 Å². The Kier molecular flexibility index (Phi) is 1.37. The molecule has 4 atom stereocenters. The van der Waals surface area contributed by atoms with Gasteiger partial charge in [-0.25, -0.2) is 0 Å². The molecule has 3 fully saturated rings. The zero-order valence-corrected chi connectivity index (χ0v) is 9.27. The first kappa shape index (κ1) is 8.32. The van der Waals surface area contributed by atoms with Gasteiger partial charge in [-0.2, -0.15) is 0 Å². The summed E-state index contributed by atoms with van der Waals surface area (Å²) in [5.41, 5.74) is 1.70. The molecule has 0 N–H and O–H groups in total. The van der Waals surface area contributed by atoms with Gasteiger partial charge in [0.25, 0.3) is 0 Å². The first-order valence-electron chi connectivity index (χ1n) is 6.17. The molecule has 3 aliphatic rings. The second-order valence-electron chi connectivity index (χ2n) is 6.03. The lowest BCUT2D eigenvalue weighted by atomic mass is 9.67. The van der Waals surface area contributed by atoms with Gasteiger partial charge in [-0.05, 0) is 54.3 Å². The lowest BCUT2D eigenvalue weighted by molar-refractivity contribution is 0.115. The molecule has 0 aromatic heterocycles. The second-order valence-corrected chi connectivity index (χ2v) is 6.03. The van der Waals surface area contributed by atoms with Crippen molar-refractivity contribution < 1.29 is 0 Å². The van der Waals surface area contributed by atoms with Crippen LogP contribution in [0.3, 0.4) is 0 Å². The van der Waals surface area contributed by atoms with Crippen LogP contribution >= 0.6 is 0 Å². The molecular weight excluding hydrogens is 156 g/mol. The Morgan fingerprint density at radius 1 is 1.15 bits per heavy atom. The van der Waals surface area contributed by atoms with E-state index < -0.39 is 0 Å². The van der Waals surface area contributed by atoms with E-state index >= 15 is 0 Å². The van der Waals surface area contributed by atoms with Crippen molar-refractivity contribution in [1.82, 2.24) is 0 Å². The van der Waals surface area contributed by atoms with Crippen molar-refractivity contribution in [2.75, 3.05) is 0 Å². The third kappa shape index (κ3) is 0.750. The van der Waals surface area contributed by atoms with E-state index in [1.807, 2.05) is 0 Å². The monoisotopic (exact) mass is 178 g/mol. The molecule has 13 heavy (non-hydrogen) atoms. The van der Waals surface area contributed by atoms with Gasteiger partial charge in [0.1, 0.15) is 0 Å². The molecule has 0 nitrogen and oxygen atoms in total. The van der Waals surface area contributed by atoms with Crippen molar-refractivity contribution in [3.8, 4) is 0 Å². The molecule has 3 rings (SSSR count). The predicted octanol–water partition coefficient (Wildman–Crippen LogP) is 3.86. The predicted molar refractivity (Wildman–Crippen MR) is 55.4 cm³/mol. The van der Waals surface area contributed by atoms with Gasteiger partial charge >= 0.3 is 0 Å². The molecule has 0 bridgehead atoms. The van der Waals surface area contributed by atoms with Crippen LogP contribution in [0.5, 0.6) is 0 Å².